The lowest BCUT2D eigenvalue weighted by Crippen LogP contribution is -2.54. The van der Waals surface area contributed by atoms with Crippen molar-refractivity contribution >= 4 is 17.8 Å². The molecule has 1 unspecified atom stereocenters. The second kappa shape index (κ2) is 13.0. The zero-order chi connectivity index (χ0) is 30.5. The number of carbonyl (C=O) groups is 3. The summed E-state index contributed by atoms with van der Waals surface area (Å²) < 4.78 is 0. The summed E-state index contributed by atoms with van der Waals surface area (Å²) in [6, 6.07) is 27.9. The molecule has 0 fully saturated rings. The molecule has 0 saturated carbocycles. The van der Waals surface area contributed by atoms with Crippen LogP contribution in [0.1, 0.15) is 43.7 Å². The highest BCUT2D eigenvalue weighted by molar-refractivity contribution is 5.95. The predicted octanol–water partition coefficient (Wildman–Crippen LogP) is 4.85. The van der Waals surface area contributed by atoms with Gasteiger partial charge in [-0.25, -0.2) is 4.79 Å². The normalized spacial score (nSPS) is 15.0. The zero-order valence-corrected chi connectivity index (χ0v) is 24.5. The maximum Gasteiger partial charge on any atom is 0.326 e. The lowest BCUT2D eigenvalue weighted by Gasteiger charge is -2.36. The molecule has 0 bridgehead atoms. The lowest BCUT2D eigenvalue weighted by molar-refractivity contribution is -0.152. The van der Waals surface area contributed by atoms with E-state index in [9.17, 15) is 19.5 Å². The Hall–Kier alpha value is -4.75. The Balaban J connectivity index is 1.19. The van der Waals surface area contributed by atoms with Crippen molar-refractivity contribution in [2.45, 2.75) is 51.7 Å². The van der Waals surface area contributed by atoms with Crippen molar-refractivity contribution in [3.63, 3.8) is 0 Å². The first-order chi connectivity index (χ1) is 20.7. The second-order valence-electron chi connectivity index (χ2n) is 11.3. The summed E-state index contributed by atoms with van der Waals surface area (Å²) in [6.07, 6.45) is 1.22. The van der Waals surface area contributed by atoms with Crippen LogP contribution < -0.4 is 11.1 Å². The SMILES string of the molecule is Cc1cc(C(=O)NCCc2ccc(-c3ccccc3)cc2)cc(C)c1C[C@H](N)C(=O)N1Cc2ccccc2CC1C(=O)O. The van der Waals surface area contributed by atoms with E-state index in [-0.39, 0.29) is 31.2 Å². The summed E-state index contributed by atoms with van der Waals surface area (Å²) in [5.74, 6) is -1.59. The molecule has 43 heavy (non-hydrogen) atoms. The number of carboxylic acid groups (broad SMARTS) is 1. The van der Waals surface area contributed by atoms with Crippen LogP contribution >= 0.6 is 0 Å². The number of nitrogens with one attached hydrogen (secondary N) is 1. The number of hydrogen-bond donors (Lipinski definition) is 3. The third-order valence-electron chi connectivity index (χ3n) is 8.28. The lowest BCUT2D eigenvalue weighted by atomic mass is 9.91. The predicted molar refractivity (Wildman–Crippen MR) is 168 cm³/mol. The molecule has 4 aromatic rings. The topological polar surface area (TPSA) is 113 Å². The van der Waals surface area contributed by atoms with Gasteiger partial charge in [0.15, 0.2) is 0 Å². The Bertz CT molecular complexity index is 1610. The molecule has 0 radical (unpaired) electrons. The summed E-state index contributed by atoms with van der Waals surface area (Å²) >= 11 is 0. The average molecular weight is 576 g/mol. The Labute approximate surface area is 252 Å². The molecule has 1 heterocycles. The van der Waals surface area contributed by atoms with Gasteiger partial charge in [-0.3, -0.25) is 9.59 Å². The molecular formula is C36H37N3O4. The number of aliphatic carboxylic acids is 1. The number of amides is 2. The molecule has 0 saturated heterocycles. The van der Waals surface area contributed by atoms with Gasteiger partial charge in [-0.15, -0.1) is 0 Å². The molecule has 0 aromatic heterocycles. The number of carbonyl (C=O) groups excluding carboxylic acids is 2. The molecule has 2 amide bonds. The third kappa shape index (κ3) is 6.84. The van der Waals surface area contributed by atoms with Crippen molar-refractivity contribution < 1.29 is 19.5 Å². The van der Waals surface area contributed by atoms with Gasteiger partial charge in [-0.2, -0.15) is 0 Å². The fraction of sp³-hybridized carbons (Fsp3) is 0.250. The van der Waals surface area contributed by atoms with Crippen molar-refractivity contribution in [1.82, 2.24) is 10.2 Å². The van der Waals surface area contributed by atoms with Crippen LogP contribution in [0.25, 0.3) is 11.1 Å². The number of fused-ring (bicyclic) bond motifs is 1. The minimum absolute atomic E-state index is 0.157. The molecular weight excluding hydrogens is 538 g/mol. The van der Waals surface area contributed by atoms with Gasteiger partial charge in [0.05, 0.1) is 6.04 Å². The first-order valence-corrected chi connectivity index (χ1v) is 14.6. The Kier molecular flexibility index (Phi) is 9.02. The smallest absolute Gasteiger partial charge is 0.326 e. The van der Waals surface area contributed by atoms with E-state index in [1.54, 1.807) is 0 Å². The number of nitrogens with two attached hydrogens (primary N) is 1. The molecule has 5 rings (SSSR count). The van der Waals surface area contributed by atoms with Crippen LogP contribution in [0.5, 0.6) is 0 Å². The van der Waals surface area contributed by atoms with E-state index in [4.69, 9.17) is 5.73 Å². The molecule has 1 aliphatic heterocycles. The number of hydrogen-bond acceptors (Lipinski definition) is 4. The van der Waals surface area contributed by atoms with E-state index in [2.05, 4.69) is 41.7 Å². The van der Waals surface area contributed by atoms with Crippen LogP contribution in [0.15, 0.2) is 91.0 Å². The number of benzene rings is 4. The maximum absolute atomic E-state index is 13.4. The van der Waals surface area contributed by atoms with E-state index < -0.39 is 18.1 Å². The fourth-order valence-corrected chi connectivity index (χ4v) is 5.86. The standard InChI is InChI=1S/C36H37N3O4/c1-23-18-30(34(40)38-17-16-25-12-14-27(15-13-25)26-8-4-3-5-9-26)19-24(2)31(23)21-32(37)35(41)39-22-29-11-7-6-10-28(29)20-33(39)36(42)43/h3-15,18-19,32-33H,16-17,20-22,37H2,1-2H3,(H,38,40)(H,42,43)/t32-,33?/m0/s1. The third-order valence-corrected chi connectivity index (χ3v) is 8.28. The Morgan fingerprint density at radius 2 is 1.49 bits per heavy atom. The van der Waals surface area contributed by atoms with Crippen molar-refractivity contribution in [2.75, 3.05) is 6.54 Å². The van der Waals surface area contributed by atoms with Crippen molar-refractivity contribution in [1.29, 1.82) is 0 Å². The van der Waals surface area contributed by atoms with Gasteiger partial charge < -0.3 is 21.1 Å². The number of aryl methyl sites for hydroxylation is 2. The molecule has 4 aromatic carbocycles. The van der Waals surface area contributed by atoms with Gasteiger partial charge in [-0.05, 0) is 83.3 Å². The van der Waals surface area contributed by atoms with Crippen molar-refractivity contribution in [2.24, 2.45) is 5.73 Å². The molecule has 7 nitrogen and oxygen atoms in total. The molecule has 0 aliphatic carbocycles. The van der Waals surface area contributed by atoms with Crippen LogP contribution in [-0.2, 0) is 35.4 Å². The minimum Gasteiger partial charge on any atom is -0.480 e. The van der Waals surface area contributed by atoms with E-state index in [1.165, 1.54) is 10.5 Å². The van der Waals surface area contributed by atoms with Crippen LogP contribution in [0.4, 0.5) is 0 Å². The minimum atomic E-state index is -1.04. The van der Waals surface area contributed by atoms with Crippen molar-refractivity contribution in [3.8, 4) is 11.1 Å². The van der Waals surface area contributed by atoms with Crippen LogP contribution in [0.2, 0.25) is 0 Å². The fourth-order valence-electron chi connectivity index (χ4n) is 5.86. The molecule has 4 N–H and O–H groups in total. The average Bonchev–Trinajstić information content (AvgIpc) is 3.02. The maximum atomic E-state index is 13.4. The zero-order valence-electron chi connectivity index (χ0n) is 24.5. The van der Waals surface area contributed by atoms with Gasteiger partial charge in [0.1, 0.15) is 6.04 Å². The first-order valence-electron chi connectivity index (χ1n) is 14.6. The van der Waals surface area contributed by atoms with Gasteiger partial charge in [0.25, 0.3) is 5.91 Å². The van der Waals surface area contributed by atoms with E-state index >= 15 is 0 Å². The first kappa shape index (κ1) is 29.7. The summed E-state index contributed by atoms with van der Waals surface area (Å²) in [7, 11) is 0. The van der Waals surface area contributed by atoms with Crippen LogP contribution in [0.3, 0.4) is 0 Å². The van der Waals surface area contributed by atoms with E-state index in [0.29, 0.717) is 18.5 Å². The monoisotopic (exact) mass is 575 g/mol. The quantitative estimate of drug-likeness (QED) is 0.264. The van der Waals surface area contributed by atoms with E-state index in [1.807, 2.05) is 68.4 Å². The summed E-state index contributed by atoms with van der Waals surface area (Å²) in [5.41, 5.74) is 14.9. The number of carboxylic acids is 1. The molecule has 1 aliphatic rings. The van der Waals surface area contributed by atoms with Crippen molar-refractivity contribution in [3.05, 3.63) is 130 Å². The van der Waals surface area contributed by atoms with E-state index in [0.717, 1.165) is 38.9 Å². The van der Waals surface area contributed by atoms with Crippen LogP contribution in [-0.4, -0.2) is 46.4 Å². The number of rotatable bonds is 9. The Morgan fingerprint density at radius 3 is 2.14 bits per heavy atom. The summed E-state index contributed by atoms with van der Waals surface area (Å²) in [5, 5.41) is 12.8. The Morgan fingerprint density at radius 1 is 0.884 bits per heavy atom. The van der Waals surface area contributed by atoms with Gasteiger partial charge in [-0.1, -0.05) is 78.9 Å². The molecule has 2 atom stereocenters. The second-order valence-corrected chi connectivity index (χ2v) is 11.3. The molecule has 7 heteroatoms. The highest BCUT2D eigenvalue weighted by atomic mass is 16.4. The summed E-state index contributed by atoms with van der Waals surface area (Å²) in [6.45, 7) is 4.53. The molecule has 220 valence electrons. The summed E-state index contributed by atoms with van der Waals surface area (Å²) in [4.78, 5) is 39.8. The highest BCUT2D eigenvalue weighted by Crippen LogP contribution is 2.26. The number of nitrogens with zero attached hydrogens (tertiary/aromatic N) is 1. The van der Waals surface area contributed by atoms with Gasteiger partial charge in [0, 0.05) is 25.1 Å². The highest BCUT2D eigenvalue weighted by Gasteiger charge is 2.36. The van der Waals surface area contributed by atoms with Gasteiger partial charge >= 0.3 is 5.97 Å². The van der Waals surface area contributed by atoms with Crippen LogP contribution in [0, 0.1) is 13.8 Å². The molecule has 0 spiro atoms. The largest absolute Gasteiger partial charge is 0.480 e. The van der Waals surface area contributed by atoms with Gasteiger partial charge in [0.2, 0.25) is 5.91 Å².